The maximum Gasteiger partial charge on any atom is 0.411 e. The predicted molar refractivity (Wildman–Crippen MR) is 196 cm³/mol. The molecule has 4 N–H and O–H groups in total. The Morgan fingerprint density at radius 3 is 2.47 bits per heavy atom. The van der Waals surface area contributed by atoms with Crippen LogP contribution in [0.4, 0.5) is 16.2 Å². The van der Waals surface area contributed by atoms with Gasteiger partial charge in [0, 0.05) is 42.0 Å². The van der Waals surface area contributed by atoms with Gasteiger partial charge in [0.05, 0.1) is 37.0 Å². The van der Waals surface area contributed by atoms with Crippen LogP contribution in [0.15, 0.2) is 59.8 Å². The van der Waals surface area contributed by atoms with Crippen molar-refractivity contribution in [3.05, 3.63) is 71.1 Å². The number of methoxy groups -OCH3 is 1. The number of hydrazine groups is 2. The molecule has 3 aliphatic heterocycles. The number of carbonyl (C=O) groups is 2. The number of amides is 2. The zero-order valence-electron chi connectivity index (χ0n) is 28.5. The summed E-state index contributed by atoms with van der Waals surface area (Å²) in [6.45, 7) is 1.54. The first-order chi connectivity index (χ1) is 24.6. The Bertz CT molecular complexity index is 1920. The molecule has 0 radical (unpaired) electrons. The van der Waals surface area contributed by atoms with Gasteiger partial charge >= 0.3 is 6.09 Å². The molecular weight excluding hydrogens is 694 g/mol. The minimum absolute atomic E-state index is 0.132. The van der Waals surface area contributed by atoms with E-state index in [-0.39, 0.29) is 23.8 Å². The molecule has 2 amide bonds. The smallest absolute Gasteiger partial charge is 0.411 e. The highest BCUT2D eigenvalue weighted by atomic mass is 35.5. The molecule has 3 aromatic rings. The molecule has 1 aliphatic carbocycles. The molecule has 4 heterocycles. The topological polar surface area (TPSA) is 164 Å². The molecule has 3 atom stereocenters. The Hall–Kier alpha value is -4.44. The van der Waals surface area contributed by atoms with Gasteiger partial charge < -0.3 is 14.6 Å². The third kappa shape index (κ3) is 7.91. The van der Waals surface area contributed by atoms with Crippen LogP contribution in [0.1, 0.15) is 49.5 Å². The predicted octanol–water partition coefficient (Wildman–Crippen LogP) is 4.98. The number of halogens is 1. The lowest BCUT2D eigenvalue weighted by atomic mass is 9.72. The van der Waals surface area contributed by atoms with Crippen molar-refractivity contribution in [2.24, 2.45) is 28.8 Å². The molecule has 0 spiro atoms. The Morgan fingerprint density at radius 2 is 1.80 bits per heavy atom. The first-order valence-corrected chi connectivity index (χ1v) is 19.4. The second kappa shape index (κ2) is 14.7. The van der Waals surface area contributed by atoms with E-state index in [9.17, 15) is 18.0 Å². The van der Waals surface area contributed by atoms with Crippen LogP contribution < -0.4 is 21.4 Å². The lowest BCUT2D eigenvalue weighted by molar-refractivity contribution is -0.134. The summed E-state index contributed by atoms with van der Waals surface area (Å²) in [5.74, 6) is 1.80. The van der Waals surface area contributed by atoms with Crippen LogP contribution in [-0.4, -0.2) is 78.9 Å². The second-order valence-corrected chi connectivity index (χ2v) is 16.1. The Kier molecular flexibility index (Phi) is 10.1. The number of benzene rings is 2. The van der Waals surface area contributed by atoms with Crippen LogP contribution in [-0.2, 0) is 19.6 Å². The number of imidazole rings is 1. The van der Waals surface area contributed by atoms with Crippen LogP contribution in [0.25, 0.3) is 17.3 Å². The Labute approximate surface area is 302 Å². The maximum absolute atomic E-state index is 14.5. The standard InChI is InChI=1S/C35H42ClN9O5S/c1-50-35(47)39-28-9-5-24(6-10-28)30-19-37-34(40-30)33-29(23-3-4-23)18-26(22-13-15-43(16-14-22)51(2,48)49)20-44(33)32(46)12-7-25-17-27(36)8-11-31(25)45-21-38-41-42-45/h5-12,17,19,21-23,26,29,33,41-42H,3-4,13-16,18,20H2,1-2H3,(H,37,40)(H,39,47)/b12-7+/t26-,29-,33-/m0/s1. The van der Waals surface area contributed by atoms with Crippen molar-refractivity contribution in [3.63, 3.8) is 0 Å². The normalized spacial score (nSPS) is 23.1. The van der Waals surface area contributed by atoms with E-state index in [0.717, 1.165) is 60.4 Å². The molecule has 3 fully saturated rings. The number of nitrogens with zero attached hydrogens (tertiary/aromatic N) is 5. The van der Waals surface area contributed by atoms with Crippen molar-refractivity contribution < 1.29 is 22.7 Å². The van der Waals surface area contributed by atoms with Gasteiger partial charge in [0.1, 0.15) is 12.2 Å². The zero-order chi connectivity index (χ0) is 35.7. The van der Waals surface area contributed by atoms with Crippen LogP contribution in [0.5, 0.6) is 0 Å². The second-order valence-electron chi connectivity index (χ2n) is 13.7. The molecule has 51 heavy (non-hydrogen) atoms. The third-order valence-electron chi connectivity index (χ3n) is 10.5. The lowest BCUT2D eigenvalue weighted by Crippen LogP contribution is -2.50. The summed E-state index contributed by atoms with van der Waals surface area (Å²) in [5, 5.41) is 8.91. The Morgan fingerprint density at radius 1 is 1.04 bits per heavy atom. The van der Waals surface area contributed by atoms with Gasteiger partial charge in [0.2, 0.25) is 15.9 Å². The molecule has 1 aromatic heterocycles. The van der Waals surface area contributed by atoms with E-state index in [2.05, 4.69) is 26.5 Å². The van der Waals surface area contributed by atoms with Crippen LogP contribution in [0.2, 0.25) is 5.02 Å². The molecule has 270 valence electrons. The van der Waals surface area contributed by atoms with Gasteiger partial charge in [-0.2, -0.15) is 5.10 Å². The number of ether oxygens (including phenoxy) is 1. The van der Waals surface area contributed by atoms with Gasteiger partial charge in [-0.1, -0.05) is 23.7 Å². The van der Waals surface area contributed by atoms with Gasteiger partial charge in [-0.15, -0.1) is 5.53 Å². The monoisotopic (exact) mass is 735 g/mol. The molecule has 16 heteroatoms. The molecule has 4 aliphatic rings. The van der Waals surface area contributed by atoms with Gasteiger partial charge in [0.15, 0.2) is 0 Å². The van der Waals surface area contributed by atoms with Crippen LogP contribution in [0, 0.1) is 23.7 Å². The molecule has 2 saturated heterocycles. The summed E-state index contributed by atoms with van der Waals surface area (Å²) >= 11 is 6.39. The number of aromatic nitrogens is 2. The fraction of sp³-hybridized carbons (Fsp3) is 0.429. The van der Waals surface area contributed by atoms with E-state index in [1.54, 1.807) is 58.3 Å². The molecule has 7 rings (SSSR count). The highest BCUT2D eigenvalue weighted by Gasteiger charge is 2.48. The summed E-state index contributed by atoms with van der Waals surface area (Å²) < 4.78 is 30.8. The average molecular weight is 736 g/mol. The summed E-state index contributed by atoms with van der Waals surface area (Å²) in [6.07, 6.45) is 12.2. The number of hydrazone groups is 1. The zero-order valence-corrected chi connectivity index (χ0v) is 30.0. The summed E-state index contributed by atoms with van der Waals surface area (Å²) in [6, 6.07) is 12.5. The van der Waals surface area contributed by atoms with Crippen molar-refractivity contribution in [2.75, 3.05) is 43.3 Å². The summed E-state index contributed by atoms with van der Waals surface area (Å²) in [5.41, 5.74) is 9.43. The molecule has 0 bridgehead atoms. The minimum atomic E-state index is -3.25. The Balaban J connectivity index is 1.19. The maximum atomic E-state index is 14.5. The largest absolute Gasteiger partial charge is 0.453 e. The van der Waals surface area contributed by atoms with E-state index >= 15 is 0 Å². The number of piperidine rings is 2. The number of likely N-dealkylation sites (tertiary alicyclic amines) is 1. The third-order valence-corrected chi connectivity index (χ3v) is 12.0. The van der Waals surface area contributed by atoms with Crippen LogP contribution in [0.3, 0.4) is 0 Å². The number of anilines is 2. The first kappa shape index (κ1) is 35.0. The van der Waals surface area contributed by atoms with Crippen molar-refractivity contribution >= 4 is 57.4 Å². The fourth-order valence-corrected chi connectivity index (χ4v) is 8.77. The highest BCUT2D eigenvalue weighted by Crippen LogP contribution is 2.52. The number of nitrogens with one attached hydrogen (secondary N) is 4. The van der Waals surface area contributed by atoms with Crippen molar-refractivity contribution in [2.45, 2.75) is 38.1 Å². The van der Waals surface area contributed by atoms with Crippen molar-refractivity contribution in [1.29, 1.82) is 0 Å². The number of rotatable bonds is 9. The lowest BCUT2D eigenvalue weighted by Gasteiger charge is -2.47. The molecule has 14 nitrogen and oxygen atoms in total. The quantitative estimate of drug-likeness (QED) is 0.222. The number of carbonyl (C=O) groups excluding carboxylic acids is 2. The summed E-state index contributed by atoms with van der Waals surface area (Å²) in [4.78, 5) is 36.5. The number of hydrogen-bond donors (Lipinski definition) is 4. The van der Waals surface area contributed by atoms with E-state index in [4.69, 9.17) is 21.3 Å². The van der Waals surface area contributed by atoms with Gasteiger partial charge in [0.25, 0.3) is 0 Å². The van der Waals surface area contributed by atoms with E-state index < -0.39 is 16.1 Å². The fourth-order valence-electron chi connectivity index (χ4n) is 7.71. The van der Waals surface area contributed by atoms with E-state index in [0.29, 0.717) is 42.2 Å². The number of hydrogen-bond acceptors (Lipinski definition) is 10. The highest BCUT2D eigenvalue weighted by molar-refractivity contribution is 7.88. The van der Waals surface area contributed by atoms with Gasteiger partial charge in [-0.05, 0) is 97.7 Å². The van der Waals surface area contributed by atoms with Gasteiger partial charge in [-0.3, -0.25) is 10.1 Å². The average Bonchev–Trinajstić information content (AvgIpc) is 3.60. The molecule has 0 unspecified atom stereocenters. The first-order valence-electron chi connectivity index (χ1n) is 17.1. The number of sulfonamides is 1. The van der Waals surface area contributed by atoms with E-state index in [1.165, 1.54) is 13.4 Å². The number of aromatic amines is 1. The van der Waals surface area contributed by atoms with Crippen molar-refractivity contribution in [1.82, 2.24) is 30.2 Å². The van der Waals surface area contributed by atoms with Crippen LogP contribution >= 0.6 is 11.6 Å². The van der Waals surface area contributed by atoms with Gasteiger partial charge in [-0.25, -0.2) is 33.0 Å². The van der Waals surface area contributed by atoms with Crippen molar-refractivity contribution in [3.8, 4) is 11.3 Å². The summed E-state index contributed by atoms with van der Waals surface area (Å²) in [7, 11) is -1.93. The molecular formula is C35H42ClN9O5S. The van der Waals surface area contributed by atoms with E-state index in [1.807, 2.05) is 23.1 Å². The molecule has 2 aromatic carbocycles. The SMILES string of the molecule is COC(=O)Nc1ccc(-c2cnc([C@@H]3[C@H](C4CC4)C[C@H](C4CCN(S(C)(=O)=O)CC4)CN3C(=O)/C=C/c3cc(Cl)ccc3N3C=NNN3)[nH]2)cc1. The number of H-pyrrole nitrogens is 1. The molecule has 1 saturated carbocycles. The minimum Gasteiger partial charge on any atom is -0.453 e.